The first-order chi connectivity index (χ1) is 10.2. The zero-order chi connectivity index (χ0) is 15.1. The summed E-state index contributed by atoms with van der Waals surface area (Å²) in [6, 6.07) is 9.54. The number of carbonyl (C=O) groups is 1. The van der Waals surface area contributed by atoms with E-state index in [2.05, 4.69) is 10.2 Å². The van der Waals surface area contributed by atoms with Crippen LogP contribution >= 0.6 is 11.8 Å². The maximum atomic E-state index is 11.5. The third-order valence-corrected chi connectivity index (χ3v) is 3.69. The summed E-state index contributed by atoms with van der Waals surface area (Å²) in [5, 5.41) is 8.55. The van der Waals surface area contributed by atoms with Gasteiger partial charge in [0.15, 0.2) is 5.82 Å². The van der Waals surface area contributed by atoms with E-state index in [1.54, 1.807) is 0 Å². The first kappa shape index (κ1) is 15.4. The summed E-state index contributed by atoms with van der Waals surface area (Å²) >= 11 is 1.22. The number of benzene rings is 1. The van der Waals surface area contributed by atoms with E-state index in [0.717, 1.165) is 18.4 Å². The number of rotatable bonds is 7. The predicted molar refractivity (Wildman–Crippen MR) is 82.2 cm³/mol. The van der Waals surface area contributed by atoms with Crippen molar-refractivity contribution in [1.29, 1.82) is 0 Å². The molecule has 0 fully saturated rings. The number of ether oxygens (including phenoxy) is 1. The van der Waals surface area contributed by atoms with Gasteiger partial charge >= 0.3 is 5.97 Å². The summed E-state index contributed by atoms with van der Waals surface area (Å²) in [6.45, 7) is 2.51. The Bertz CT molecular complexity index is 586. The molecule has 0 amide bonds. The minimum Gasteiger partial charge on any atom is -0.465 e. The number of aromatic nitrogens is 3. The van der Waals surface area contributed by atoms with E-state index in [-0.39, 0.29) is 11.7 Å². The standard InChI is InChI=1S/C14H18N4O2S/c1-2-3-9-20-12(19)10-21-14-17-16-13(18(14)15)11-7-5-4-6-8-11/h4-8H,2-3,9-10,15H2,1H3. The molecule has 0 spiro atoms. The number of hydrogen-bond acceptors (Lipinski definition) is 6. The second kappa shape index (κ2) is 7.68. The molecular formula is C14H18N4O2S. The minimum atomic E-state index is -0.266. The van der Waals surface area contributed by atoms with Crippen LogP contribution in [0.15, 0.2) is 35.5 Å². The largest absolute Gasteiger partial charge is 0.465 e. The van der Waals surface area contributed by atoms with Crippen LogP contribution in [0.5, 0.6) is 0 Å². The molecule has 0 radical (unpaired) electrons. The van der Waals surface area contributed by atoms with Gasteiger partial charge in [0.05, 0.1) is 12.4 Å². The maximum Gasteiger partial charge on any atom is 0.316 e. The molecule has 0 saturated heterocycles. The monoisotopic (exact) mass is 306 g/mol. The van der Waals surface area contributed by atoms with E-state index in [9.17, 15) is 4.79 Å². The molecule has 0 aliphatic rings. The molecule has 1 heterocycles. The lowest BCUT2D eigenvalue weighted by molar-refractivity contribution is -0.140. The third-order valence-electron chi connectivity index (χ3n) is 2.78. The molecule has 0 aliphatic carbocycles. The van der Waals surface area contributed by atoms with E-state index < -0.39 is 0 Å². The van der Waals surface area contributed by atoms with Crippen molar-refractivity contribution in [3.05, 3.63) is 30.3 Å². The number of nitrogens with two attached hydrogens (primary N) is 1. The van der Waals surface area contributed by atoms with Gasteiger partial charge in [-0.1, -0.05) is 55.4 Å². The number of esters is 1. The second-order valence-electron chi connectivity index (χ2n) is 4.40. The van der Waals surface area contributed by atoms with Crippen LogP contribution in [0, 0.1) is 0 Å². The van der Waals surface area contributed by atoms with Crippen LogP contribution in [-0.4, -0.2) is 33.2 Å². The fraction of sp³-hybridized carbons (Fsp3) is 0.357. The quantitative estimate of drug-likeness (QED) is 0.365. The van der Waals surface area contributed by atoms with Crippen LogP contribution in [0.2, 0.25) is 0 Å². The first-order valence-electron chi connectivity index (χ1n) is 6.76. The zero-order valence-corrected chi connectivity index (χ0v) is 12.7. The van der Waals surface area contributed by atoms with Gasteiger partial charge in [0.25, 0.3) is 0 Å². The zero-order valence-electron chi connectivity index (χ0n) is 11.9. The highest BCUT2D eigenvalue weighted by atomic mass is 32.2. The Labute approximate surface area is 127 Å². The van der Waals surface area contributed by atoms with Crippen molar-refractivity contribution in [1.82, 2.24) is 14.9 Å². The van der Waals surface area contributed by atoms with Crippen LogP contribution in [0.1, 0.15) is 19.8 Å². The molecule has 0 unspecified atom stereocenters. The van der Waals surface area contributed by atoms with Crippen LogP contribution in [0.4, 0.5) is 0 Å². The Kier molecular flexibility index (Phi) is 5.62. The number of nitrogens with zero attached hydrogens (tertiary/aromatic N) is 3. The first-order valence-corrected chi connectivity index (χ1v) is 7.75. The fourth-order valence-corrected chi connectivity index (χ4v) is 2.31. The second-order valence-corrected chi connectivity index (χ2v) is 5.35. The van der Waals surface area contributed by atoms with Gasteiger partial charge in [-0.3, -0.25) is 4.79 Å². The van der Waals surface area contributed by atoms with Gasteiger partial charge in [-0.25, -0.2) is 4.68 Å². The van der Waals surface area contributed by atoms with Crippen molar-refractivity contribution in [2.45, 2.75) is 24.9 Å². The van der Waals surface area contributed by atoms with Gasteiger partial charge in [0.2, 0.25) is 5.16 Å². The summed E-state index contributed by atoms with van der Waals surface area (Å²) in [6.07, 6.45) is 1.87. The summed E-state index contributed by atoms with van der Waals surface area (Å²) in [4.78, 5) is 11.5. The van der Waals surface area contributed by atoms with Crippen molar-refractivity contribution in [3.8, 4) is 11.4 Å². The Balaban J connectivity index is 1.93. The highest BCUT2D eigenvalue weighted by Crippen LogP contribution is 2.21. The molecule has 2 N–H and O–H groups in total. The molecule has 21 heavy (non-hydrogen) atoms. The van der Waals surface area contributed by atoms with E-state index in [1.807, 2.05) is 37.3 Å². The van der Waals surface area contributed by atoms with E-state index in [0.29, 0.717) is 17.6 Å². The molecule has 2 aromatic rings. The van der Waals surface area contributed by atoms with E-state index in [4.69, 9.17) is 10.6 Å². The van der Waals surface area contributed by atoms with Gasteiger partial charge in [-0.15, -0.1) is 10.2 Å². The number of carbonyl (C=O) groups excluding carboxylic acids is 1. The van der Waals surface area contributed by atoms with Crippen molar-refractivity contribution in [2.75, 3.05) is 18.2 Å². The summed E-state index contributed by atoms with van der Waals surface area (Å²) in [7, 11) is 0. The lowest BCUT2D eigenvalue weighted by atomic mass is 10.2. The van der Waals surface area contributed by atoms with Crippen LogP contribution in [-0.2, 0) is 9.53 Å². The van der Waals surface area contributed by atoms with Gasteiger partial charge in [0.1, 0.15) is 0 Å². The van der Waals surface area contributed by atoms with E-state index in [1.165, 1.54) is 16.4 Å². The van der Waals surface area contributed by atoms with Crippen LogP contribution in [0.3, 0.4) is 0 Å². The Morgan fingerprint density at radius 3 is 2.81 bits per heavy atom. The lowest BCUT2D eigenvalue weighted by Crippen LogP contribution is -2.13. The predicted octanol–water partition coefficient (Wildman–Crippen LogP) is 2.09. The Morgan fingerprint density at radius 1 is 1.33 bits per heavy atom. The lowest BCUT2D eigenvalue weighted by Gasteiger charge is -2.04. The molecular weight excluding hydrogens is 288 g/mol. The molecule has 6 nitrogen and oxygen atoms in total. The average Bonchev–Trinajstić information content (AvgIpc) is 2.87. The molecule has 7 heteroatoms. The smallest absolute Gasteiger partial charge is 0.316 e. The Hall–Kier alpha value is -2.02. The summed E-state index contributed by atoms with van der Waals surface area (Å²) in [5.74, 6) is 6.44. The number of thioether (sulfide) groups is 1. The number of hydrogen-bond donors (Lipinski definition) is 1. The number of nitrogen functional groups attached to an aromatic ring is 1. The van der Waals surface area contributed by atoms with Gasteiger partial charge in [-0.2, -0.15) is 0 Å². The average molecular weight is 306 g/mol. The van der Waals surface area contributed by atoms with Crippen LogP contribution in [0.25, 0.3) is 11.4 Å². The highest BCUT2D eigenvalue weighted by molar-refractivity contribution is 7.99. The van der Waals surface area contributed by atoms with Crippen molar-refractivity contribution in [2.24, 2.45) is 0 Å². The molecule has 0 bridgehead atoms. The summed E-state index contributed by atoms with van der Waals surface area (Å²) < 4.78 is 6.47. The SMILES string of the molecule is CCCCOC(=O)CSc1nnc(-c2ccccc2)n1N. The number of unbranched alkanes of at least 4 members (excludes halogenated alkanes) is 1. The van der Waals surface area contributed by atoms with Crippen molar-refractivity contribution < 1.29 is 9.53 Å². The molecule has 112 valence electrons. The summed E-state index contributed by atoms with van der Waals surface area (Å²) in [5.41, 5.74) is 0.880. The minimum absolute atomic E-state index is 0.174. The molecule has 1 aromatic heterocycles. The van der Waals surface area contributed by atoms with Gasteiger partial charge < -0.3 is 10.6 Å². The van der Waals surface area contributed by atoms with Gasteiger partial charge in [-0.05, 0) is 6.42 Å². The molecule has 0 aliphatic heterocycles. The van der Waals surface area contributed by atoms with Crippen LogP contribution < -0.4 is 5.84 Å². The Morgan fingerprint density at radius 2 is 2.10 bits per heavy atom. The molecule has 0 atom stereocenters. The third kappa shape index (κ3) is 4.22. The molecule has 0 saturated carbocycles. The molecule has 2 rings (SSSR count). The highest BCUT2D eigenvalue weighted by Gasteiger charge is 2.13. The van der Waals surface area contributed by atoms with Crippen molar-refractivity contribution >= 4 is 17.7 Å². The normalized spacial score (nSPS) is 10.5. The maximum absolute atomic E-state index is 11.5. The fourth-order valence-electron chi connectivity index (χ4n) is 1.66. The topological polar surface area (TPSA) is 83.0 Å². The van der Waals surface area contributed by atoms with E-state index >= 15 is 0 Å². The van der Waals surface area contributed by atoms with Crippen molar-refractivity contribution in [3.63, 3.8) is 0 Å². The van der Waals surface area contributed by atoms with Gasteiger partial charge in [0, 0.05) is 5.56 Å². The molecule has 1 aromatic carbocycles.